The number of hydrogen-bond acceptors (Lipinski definition) is 3. The number of likely N-dealkylation sites (N-methyl/N-ethyl adjacent to an activating group) is 1. The van der Waals surface area contributed by atoms with Crippen LogP contribution >= 0.6 is 0 Å². The molecule has 4 heteroatoms. The fourth-order valence-electron chi connectivity index (χ4n) is 0.990. The molecule has 0 aromatic carbocycles. The SMILES string of the molecule is C=CC(=O)OCC(O)C[N+](C)(C)CC. The van der Waals surface area contributed by atoms with Crippen molar-refractivity contribution in [3.8, 4) is 0 Å². The second kappa shape index (κ2) is 5.78. The van der Waals surface area contributed by atoms with E-state index in [2.05, 4.69) is 6.58 Å². The molecule has 0 saturated carbocycles. The summed E-state index contributed by atoms with van der Waals surface area (Å²) in [7, 11) is 4.02. The molecule has 1 unspecified atom stereocenters. The standard InChI is InChI=1S/C10H20NO3/c1-5-10(13)14-8-9(12)7-11(3,4)6-2/h5,9,12H,1,6-8H2,2-4H3/q+1. The van der Waals surface area contributed by atoms with Gasteiger partial charge in [-0.1, -0.05) is 6.58 Å². The molecule has 0 amide bonds. The molecule has 0 aliphatic rings. The van der Waals surface area contributed by atoms with Crippen LogP contribution in [-0.2, 0) is 9.53 Å². The van der Waals surface area contributed by atoms with E-state index in [0.717, 1.165) is 12.6 Å². The van der Waals surface area contributed by atoms with Gasteiger partial charge in [0.2, 0.25) is 0 Å². The van der Waals surface area contributed by atoms with E-state index < -0.39 is 12.1 Å². The van der Waals surface area contributed by atoms with Gasteiger partial charge in [0, 0.05) is 6.08 Å². The quantitative estimate of drug-likeness (QED) is 0.379. The van der Waals surface area contributed by atoms with Crippen LogP contribution in [0.15, 0.2) is 12.7 Å². The van der Waals surface area contributed by atoms with E-state index >= 15 is 0 Å². The molecule has 0 aliphatic heterocycles. The normalized spacial score (nSPS) is 13.4. The van der Waals surface area contributed by atoms with Crippen molar-refractivity contribution in [1.82, 2.24) is 0 Å². The molecule has 0 heterocycles. The van der Waals surface area contributed by atoms with Gasteiger partial charge in [-0.15, -0.1) is 0 Å². The summed E-state index contributed by atoms with van der Waals surface area (Å²) < 4.78 is 5.43. The number of aliphatic hydroxyl groups excluding tert-OH is 1. The third-order valence-corrected chi connectivity index (χ3v) is 2.15. The summed E-state index contributed by atoms with van der Waals surface area (Å²) in [5.74, 6) is -0.495. The lowest BCUT2D eigenvalue weighted by molar-refractivity contribution is -0.891. The predicted molar refractivity (Wildman–Crippen MR) is 54.7 cm³/mol. The first-order valence-electron chi connectivity index (χ1n) is 4.70. The molecular weight excluding hydrogens is 182 g/mol. The third kappa shape index (κ3) is 5.72. The molecule has 82 valence electrons. The second-order valence-corrected chi connectivity index (χ2v) is 3.92. The number of aliphatic hydroxyl groups is 1. The van der Waals surface area contributed by atoms with E-state index in [0.29, 0.717) is 11.0 Å². The Hall–Kier alpha value is -0.870. The number of carbonyl (C=O) groups is 1. The maximum atomic E-state index is 10.7. The lowest BCUT2D eigenvalue weighted by Crippen LogP contribution is -2.46. The van der Waals surface area contributed by atoms with Crippen LogP contribution in [-0.4, -0.2) is 55.5 Å². The molecule has 0 fully saturated rings. The highest BCUT2D eigenvalue weighted by Crippen LogP contribution is 1.99. The zero-order valence-electron chi connectivity index (χ0n) is 9.19. The van der Waals surface area contributed by atoms with Crippen LogP contribution in [0.1, 0.15) is 6.92 Å². The van der Waals surface area contributed by atoms with Crippen molar-refractivity contribution in [2.45, 2.75) is 13.0 Å². The topological polar surface area (TPSA) is 46.5 Å². The van der Waals surface area contributed by atoms with Gasteiger partial charge in [-0.25, -0.2) is 4.79 Å². The molecular formula is C10H20NO3+. The summed E-state index contributed by atoms with van der Waals surface area (Å²) >= 11 is 0. The summed E-state index contributed by atoms with van der Waals surface area (Å²) in [4.78, 5) is 10.7. The van der Waals surface area contributed by atoms with Crippen molar-refractivity contribution < 1.29 is 19.1 Å². The molecule has 4 nitrogen and oxygen atoms in total. The average molecular weight is 202 g/mol. The largest absolute Gasteiger partial charge is 0.460 e. The van der Waals surface area contributed by atoms with Gasteiger partial charge in [0.25, 0.3) is 0 Å². The average Bonchev–Trinajstić information content (AvgIpc) is 2.13. The van der Waals surface area contributed by atoms with Gasteiger partial charge < -0.3 is 14.3 Å². The summed E-state index contributed by atoms with van der Waals surface area (Å²) in [6.07, 6.45) is 0.473. The zero-order chi connectivity index (χ0) is 11.2. The number of quaternary nitrogens is 1. The van der Waals surface area contributed by atoms with E-state index in [1.54, 1.807) is 0 Å². The van der Waals surface area contributed by atoms with E-state index in [9.17, 15) is 9.90 Å². The summed E-state index contributed by atoms with van der Waals surface area (Å²) in [5.41, 5.74) is 0. The number of carbonyl (C=O) groups excluding carboxylic acids is 1. The molecule has 0 aromatic heterocycles. The lowest BCUT2D eigenvalue weighted by Gasteiger charge is -2.30. The maximum Gasteiger partial charge on any atom is 0.330 e. The number of nitrogens with zero attached hydrogens (tertiary/aromatic N) is 1. The van der Waals surface area contributed by atoms with Crippen LogP contribution in [0, 0.1) is 0 Å². The Balaban J connectivity index is 3.81. The predicted octanol–water partition coefficient (Wildman–Crippen LogP) is 0.173. The van der Waals surface area contributed by atoms with Crippen molar-refractivity contribution in [3.63, 3.8) is 0 Å². The van der Waals surface area contributed by atoms with E-state index in [1.807, 2.05) is 21.0 Å². The first-order valence-corrected chi connectivity index (χ1v) is 4.70. The van der Waals surface area contributed by atoms with Gasteiger partial charge in [-0.05, 0) is 6.92 Å². The summed E-state index contributed by atoms with van der Waals surface area (Å²) in [6.45, 7) is 6.84. The number of ether oxygens (including phenoxy) is 1. The minimum atomic E-state index is -0.617. The Bertz CT molecular complexity index is 202. The Morgan fingerprint density at radius 1 is 1.64 bits per heavy atom. The van der Waals surface area contributed by atoms with Crippen LogP contribution in [0.5, 0.6) is 0 Å². The van der Waals surface area contributed by atoms with Crippen LogP contribution in [0.2, 0.25) is 0 Å². The lowest BCUT2D eigenvalue weighted by atomic mass is 10.3. The van der Waals surface area contributed by atoms with E-state index in [4.69, 9.17) is 4.74 Å². The minimum Gasteiger partial charge on any atom is -0.460 e. The molecule has 0 bridgehead atoms. The highest BCUT2D eigenvalue weighted by molar-refractivity contribution is 5.81. The fourth-order valence-corrected chi connectivity index (χ4v) is 0.990. The van der Waals surface area contributed by atoms with Crippen LogP contribution in [0.4, 0.5) is 0 Å². The Morgan fingerprint density at radius 3 is 2.64 bits per heavy atom. The summed E-state index contributed by atoms with van der Waals surface area (Å²) in [5, 5.41) is 9.53. The van der Waals surface area contributed by atoms with Crippen molar-refractivity contribution in [1.29, 1.82) is 0 Å². The number of esters is 1. The molecule has 0 aromatic rings. The van der Waals surface area contributed by atoms with Gasteiger partial charge in [0.15, 0.2) is 0 Å². The second-order valence-electron chi connectivity index (χ2n) is 3.92. The minimum absolute atomic E-state index is 0.0343. The molecule has 0 rings (SSSR count). The molecule has 1 atom stereocenters. The fraction of sp³-hybridized carbons (Fsp3) is 0.700. The molecule has 0 spiro atoms. The van der Waals surface area contributed by atoms with Crippen molar-refractivity contribution in [3.05, 3.63) is 12.7 Å². The van der Waals surface area contributed by atoms with E-state index in [1.165, 1.54) is 0 Å². The molecule has 0 aliphatic carbocycles. The van der Waals surface area contributed by atoms with Gasteiger partial charge >= 0.3 is 5.97 Å². The first kappa shape index (κ1) is 13.1. The van der Waals surface area contributed by atoms with Gasteiger partial charge in [0.05, 0.1) is 20.6 Å². The van der Waals surface area contributed by atoms with Gasteiger partial charge in [-0.2, -0.15) is 0 Å². The monoisotopic (exact) mass is 202 g/mol. The smallest absolute Gasteiger partial charge is 0.330 e. The number of hydrogen-bond donors (Lipinski definition) is 1. The first-order chi connectivity index (χ1) is 6.41. The molecule has 0 saturated heterocycles. The Labute approximate surface area is 85.4 Å². The van der Waals surface area contributed by atoms with Crippen LogP contribution < -0.4 is 0 Å². The van der Waals surface area contributed by atoms with Crippen molar-refractivity contribution >= 4 is 5.97 Å². The Morgan fingerprint density at radius 2 is 2.21 bits per heavy atom. The maximum absolute atomic E-state index is 10.7. The van der Waals surface area contributed by atoms with Gasteiger partial charge in [-0.3, -0.25) is 0 Å². The zero-order valence-corrected chi connectivity index (χ0v) is 9.19. The highest BCUT2D eigenvalue weighted by Gasteiger charge is 2.19. The van der Waals surface area contributed by atoms with E-state index in [-0.39, 0.29) is 6.61 Å². The van der Waals surface area contributed by atoms with Crippen LogP contribution in [0.3, 0.4) is 0 Å². The van der Waals surface area contributed by atoms with Crippen molar-refractivity contribution in [2.24, 2.45) is 0 Å². The molecule has 0 radical (unpaired) electrons. The Kier molecular flexibility index (Phi) is 5.42. The number of rotatable bonds is 6. The third-order valence-electron chi connectivity index (χ3n) is 2.15. The molecule has 14 heavy (non-hydrogen) atoms. The molecule has 1 N–H and O–H groups in total. The summed E-state index contributed by atoms with van der Waals surface area (Å²) in [6, 6.07) is 0. The highest BCUT2D eigenvalue weighted by atomic mass is 16.5. The van der Waals surface area contributed by atoms with Gasteiger partial charge in [0.1, 0.15) is 19.3 Å². The van der Waals surface area contributed by atoms with Crippen molar-refractivity contribution in [2.75, 3.05) is 33.8 Å². The van der Waals surface area contributed by atoms with Crippen LogP contribution in [0.25, 0.3) is 0 Å².